The number of anilines is 2. The molecule has 1 aromatic carbocycles. The second kappa shape index (κ2) is 11.0. The van der Waals surface area contributed by atoms with E-state index >= 15 is 8.78 Å². The van der Waals surface area contributed by atoms with Crippen LogP contribution in [0, 0.1) is 11.6 Å². The fourth-order valence-electron chi connectivity index (χ4n) is 3.87. The molecule has 2 saturated heterocycles. The van der Waals surface area contributed by atoms with Crippen LogP contribution in [0.25, 0.3) is 0 Å². The van der Waals surface area contributed by atoms with E-state index in [-0.39, 0.29) is 56.4 Å². The van der Waals surface area contributed by atoms with E-state index in [2.05, 4.69) is 10.3 Å². The largest absolute Gasteiger partial charge is 0.444 e. The van der Waals surface area contributed by atoms with Crippen molar-refractivity contribution in [3.63, 3.8) is 0 Å². The quantitative estimate of drug-likeness (QED) is 0.612. The van der Waals surface area contributed by atoms with Crippen molar-refractivity contribution in [2.24, 2.45) is 0 Å². The molecule has 0 spiro atoms. The minimum absolute atomic E-state index is 0.0294. The van der Waals surface area contributed by atoms with E-state index in [1.54, 1.807) is 11.7 Å². The lowest BCUT2D eigenvalue weighted by Crippen LogP contribution is -2.41. The molecule has 0 aliphatic carbocycles. The highest BCUT2D eigenvalue weighted by molar-refractivity contribution is 7.09. The molecular weight excluding hydrogens is 484 g/mol. The monoisotopic (exact) mass is 509 g/mol. The number of hydrogen-bond donors (Lipinski definition) is 1. The van der Waals surface area contributed by atoms with Gasteiger partial charge in [-0.2, -0.15) is 0 Å². The number of benzene rings is 1. The lowest BCUT2D eigenvalue weighted by molar-refractivity contribution is -0.117. The minimum atomic E-state index is -0.844. The predicted octanol–water partition coefficient (Wildman–Crippen LogP) is 3.08. The van der Waals surface area contributed by atoms with Crippen molar-refractivity contribution in [1.82, 2.24) is 15.4 Å². The summed E-state index contributed by atoms with van der Waals surface area (Å²) in [5.74, 6) is -1.72. The van der Waals surface area contributed by atoms with Gasteiger partial charge in [0.2, 0.25) is 0 Å². The molecule has 0 saturated carbocycles. The van der Waals surface area contributed by atoms with E-state index in [9.17, 15) is 14.4 Å². The first kappa shape index (κ1) is 24.8. The number of carbonyl (C=O) groups is 3. The zero-order chi connectivity index (χ0) is 24.9. The van der Waals surface area contributed by atoms with Gasteiger partial charge in [-0.3, -0.25) is 14.7 Å². The predicted molar refractivity (Wildman–Crippen MR) is 123 cm³/mol. The van der Waals surface area contributed by atoms with Crippen molar-refractivity contribution >= 4 is 40.6 Å². The maximum absolute atomic E-state index is 15.0. The first-order chi connectivity index (χ1) is 16.8. The summed E-state index contributed by atoms with van der Waals surface area (Å²) in [4.78, 5) is 48.7. The molecule has 3 heterocycles. The standard InChI is InChI=1S/C22H25F2N5O5S/c1-14(30)2-3-16-12-28(22(32)34-16)15-8-18(23)20(19(24)9-15)27-4-5-29(33-7-6-27)21(31)26-11-17-10-25-13-35-17/h8-10,13,16H,2-7,11-12H2,1H3,(H,26,31)/t16-/m0/s1. The van der Waals surface area contributed by atoms with E-state index in [1.165, 1.54) is 23.2 Å². The first-order valence-electron chi connectivity index (χ1n) is 11.1. The second-order valence-electron chi connectivity index (χ2n) is 8.16. The highest BCUT2D eigenvalue weighted by Gasteiger charge is 2.34. The molecule has 35 heavy (non-hydrogen) atoms. The van der Waals surface area contributed by atoms with Gasteiger partial charge in [0, 0.05) is 42.7 Å². The number of Topliss-reactive ketones (excluding diaryl/α,β-unsaturated/α-hetero) is 1. The SMILES string of the molecule is CC(=O)CC[C@H]1CN(c2cc(F)c(N3CCON(C(=O)NCc4cncs4)CC3)c(F)c2)C(=O)O1. The molecule has 1 N–H and O–H groups in total. The third kappa shape index (κ3) is 6.03. The number of ketones is 1. The minimum Gasteiger partial charge on any atom is -0.444 e. The van der Waals surface area contributed by atoms with Crippen LogP contribution >= 0.6 is 11.3 Å². The van der Waals surface area contributed by atoms with Crippen molar-refractivity contribution < 1.29 is 32.7 Å². The zero-order valence-corrected chi connectivity index (χ0v) is 19.9. The van der Waals surface area contributed by atoms with Gasteiger partial charge in [0.25, 0.3) is 0 Å². The van der Waals surface area contributed by atoms with Crippen molar-refractivity contribution in [2.75, 3.05) is 42.6 Å². The summed E-state index contributed by atoms with van der Waals surface area (Å²) in [5, 5.41) is 3.85. The fourth-order valence-corrected chi connectivity index (χ4v) is 4.40. The number of aromatic nitrogens is 1. The Morgan fingerprint density at radius 2 is 2.00 bits per heavy atom. The average molecular weight is 510 g/mol. The number of ether oxygens (including phenoxy) is 1. The number of hydrogen-bond acceptors (Lipinski definition) is 8. The fraction of sp³-hybridized carbons (Fsp3) is 0.455. The summed E-state index contributed by atoms with van der Waals surface area (Å²) in [6, 6.07) is 1.71. The van der Waals surface area contributed by atoms with Crippen molar-refractivity contribution in [3.05, 3.63) is 40.4 Å². The highest BCUT2D eigenvalue weighted by atomic mass is 32.1. The van der Waals surface area contributed by atoms with E-state index in [4.69, 9.17) is 9.57 Å². The van der Waals surface area contributed by atoms with Crippen LogP contribution < -0.4 is 15.1 Å². The van der Waals surface area contributed by atoms with Crippen molar-refractivity contribution in [2.45, 2.75) is 32.4 Å². The molecule has 13 heteroatoms. The topological polar surface area (TPSA) is 104 Å². The Morgan fingerprint density at radius 3 is 2.69 bits per heavy atom. The van der Waals surface area contributed by atoms with Crippen LogP contribution in [-0.4, -0.2) is 66.8 Å². The molecule has 2 aromatic rings. The normalized spacial score (nSPS) is 18.4. The van der Waals surface area contributed by atoms with Gasteiger partial charge in [0.1, 0.15) is 17.6 Å². The van der Waals surface area contributed by atoms with Crippen LogP contribution in [0.15, 0.2) is 23.8 Å². The van der Waals surface area contributed by atoms with Gasteiger partial charge in [-0.05, 0) is 13.3 Å². The van der Waals surface area contributed by atoms with Gasteiger partial charge in [0.15, 0.2) is 11.6 Å². The molecule has 188 valence electrons. The number of thiazole rings is 1. The summed E-state index contributed by atoms with van der Waals surface area (Å²) in [5.41, 5.74) is 1.44. The smallest absolute Gasteiger partial charge is 0.414 e. The second-order valence-corrected chi connectivity index (χ2v) is 9.13. The van der Waals surface area contributed by atoms with Gasteiger partial charge in [-0.1, -0.05) is 0 Å². The number of halogens is 2. The highest BCUT2D eigenvalue weighted by Crippen LogP contribution is 2.32. The lowest BCUT2D eigenvalue weighted by atomic mass is 10.1. The number of rotatable bonds is 7. The molecular formula is C22H25F2N5O5S. The van der Waals surface area contributed by atoms with E-state index in [1.807, 2.05) is 0 Å². The molecule has 0 bridgehead atoms. The summed E-state index contributed by atoms with van der Waals surface area (Å²) < 4.78 is 35.3. The molecule has 10 nitrogen and oxygen atoms in total. The van der Waals surface area contributed by atoms with Crippen LogP contribution in [0.4, 0.5) is 29.7 Å². The summed E-state index contributed by atoms with van der Waals surface area (Å²) >= 11 is 1.41. The third-order valence-electron chi connectivity index (χ3n) is 5.63. The van der Waals surface area contributed by atoms with Crippen molar-refractivity contribution in [3.8, 4) is 0 Å². The van der Waals surface area contributed by atoms with Crippen LogP contribution in [0.2, 0.25) is 0 Å². The average Bonchev–Trinajstić information content (AvgIpc) is 3.39. The molecule has 4 rings (SSSR count). The molecule has 2 aliphatic rings. The van der Waals surface area contributed by atoms with Gasteiger partial charge in [-0.25, -0.2) is 23.4 Å². The summed E-state index contributed by atoms with van der Waals surface area (Å²) in [7, 11) is 0. The molecule has 0 unspecified atom stereocenters. The van der Waals surface area contributed by atoms with Crippen LogP contribution in [-0.2, 0) is 20.9 Å². The number of urea groups is 1. The molecule has 1 atom stereocenters. The Hall–Kier alpha value is -3.32. The van der Waals surface area contributed by atoms with Crippen LogP contribution in [0.3, 0.4) is 0 Å². The maximum Gasteiger partial charge on any atom is 0.414 e. The molecule has 2 fully saturated rings. The van der Waals surface area contributed by atoms with Gasteiger partial charge < -0.3 is 19.7 Å². The lowest BCUT2D eigenvalue weighted by Gasteiger charge is -2.24. The van der Waals surface area contributed by atoms with Crippen molar-refractivity contribution in [1.29, 1.82) is 0 Å². The Bertz CT molecular complexity index is 1060. The first-order valence-corrected chi connectivity index (χ1v) is 12.0. The molecule has 0 radical (unpaired) electrons. The van der Waals surface area contributed by atoms with Crippen LogP contribution in [0.5, 0.6) is 0 Å². The molecule has 1 aromatic heterocycles. The van der Waals surface area contributed by atoms with Gasteiger partial charge in [0.05, 0.1) is 37.4 Å². The summed E-state index contributed by atoms with van der Waals surface area (Å²) in [6.07, 6.45) is 1.02. The number of amides is 3. The molecule has 2 aliphatic heterocycles. The Labute approximate surface area is 204 Å². The zero-order valence-electron chi connectivity index (χ0n) is 19.0. The van der Waals surface area contributed by atoms with E-state index in [0.717, 1.165) is 27.0 Å². The third-order valence-corrected chi connectivity index (χ3v) is 6.41. The Morgan fingerprint density at radius 1 is 1.23 bits per heavy atom. The van der Waals surface area contributed by atoms with E-state index in [0.29, 0.717) is 13.0 Å². The van der Waals surface area contributed by atoms with E-state index < -0.39 is 29.9 Å². The number of cyclic esters (lactones) is 1. The Kier molecular flexibility index (Phi) is 7.76. The Balaban J connectivity index is 1.39. The number of carbonyl (C=O) groups excluding carboxylic acids is 3. The number of nitrogens with zero attached hydrogens (tertiary/aromatic N) is 4. The van der Waals surface area contributed by atoms with Crippen LogP contribution in [0.1, 0.15) is 24.6 Å². The molecule has 3 amide bonds. The summed E-state index contributed by atoms with van der Waals surface area (Å²) in [6.45, 7) is 2.28. The van der Waals surface area contributed by atoms with Gasteiger partial charge >= 0.3 is 12.1 Å². The maximum atomic E-state index is 15.0. The number of hydroxylamine groups is 2. The van der Waals surface area contributed by atoms with Gasteiger partial charge in [-0.15, -0.1) is 11.3 Å². The number of nitrogens with one attached hydrogen (secondary N) is 1.